The molecule has 3 nitrogen and oxygen atoms in total. The van der Waals surface area contributed by atoms with Crippen molar-refractivity contribution >= 4 is 29.1 Å². The minimum absolute atomic E-state index is 0.317. The lowest BCUT2D eigenvalue weighted by Gasteiger charge is -1.86. The van der Waals surface area contributed by atoms with Gasteiger partial charge in [-0.25, -0.2) is 9.78 Å². The number of aromatic carboxylic acids is 1. The van der Waals surface area contributed by atoms with Gasteiger partial charge >= 0.3 is 5.97 Å². The Bertz CT molecular complexity index is 401. The van der Waals surface area contributed by atoms with Crippen LogP contribution in [0, 0.1) is 18.8 Å². The standard InChI is InChI=1S/C9H9NO2S2/c1-3-4-5-13-9-10-6(2)7(14-9)8(11)12/h5H2,1-2H3,(H,11,12). The molecule has 1 N–H and O–H groups in total. The minimum atomic E-state index is -0.909. The zero-order chi connectivity index (χ0) is 10.6. The number of nitrogens with zero attached hydrogens (tertiary/aromatic N) is 1. The van der Waals surface area contributed by atoms with Crippen LogP contribution < -0.4 is 0 Å². The van der Waals surface area contributed by atoms with Crippen LogP contribution in [-0.4, -0.2) is 21.8 Å². The van der Waals surface area contributed by atoms with E-state index in [1.807, 2.05) is 0 Å². The number of carboxylic acid groups (broad SMARTS) is 1. The molecule has 14 heavy (non-hydrogen) atoms. The highest BCUT2D eigenvalue weighted by molar-refractivity contribution is 8.01. The van der Waals surface area contributed by atoms with Gasteiger partial charge in [0, 0.05) is 0 Å². The second-order valence-corrected chi connectivity index (χ2v) is 4.64. The average molecular weight is 227 g/mol. The number of hydrogen-bond acceptors (Lipinski definition) is 4. The van der Waals surface area contributed by atoms with Crippen molar-refractivity contribution in [1.29, 1.82) is 0 Å². The zero-order valence-corrected chi connectivity index (χ0v) is 9.46. The fourth-order valence-electron chi connectivity index (χ4n) is 0.802. The monoisotopic (exact) mass is 227 g/mol. The molecule has 0 unspecified atom stereocenters. The Morgan fingerprint density at radius 2 is 2.43 bits per heavy atom. The molecule has 1 aromatic heterocycles. The average Bonchev–Trinajstić information content (AvgIpc) is 2.47. The number of rotatable bonds is 3. The van der Waals surface area contributed by atoms with Gasteiger partial charge in [-0.15, -0.1) is 17.3 Å². The molecule has 0 atom stereocenters. The fraction of sp³-hybridized carbons (Fsp3) is 0.333. The summed E-state index contributed by atoms with van der Waals surface area (Å²) < 4.78 is 0.766. The predicted octanol–water partition coefficient (Wildman–Crippen LogP) is 2.27. The molecular formula is C9H9NO2S2. The summed E-state index contributed by atoms with van der Waals surface area (Å²) >= 11 is 2.67. The number of thioether (sulfide) groups is 1. The van der Waals surface area contributed by atoms with E-state index >= 15 is 0 Å². The molecule has 0 bridgehead atoms. The molecule has 1 aromatic rings. The lowest BCUT2D eigenvalue weighted by atomic mass is 10.4. The highest BCUT2D eigenvalue weighted by Crippen LogP contribution is 2.26. The van der Waals surface area contributed by atoms with Crippen molar-refractivity contribution in [3.8, 4) is 11.8 Å². The van der Waals surface area contributed by atoms with Crippen LogP contribution in [0.2, 0.25) is 0 Å². The number of carboxylic acids is 1. The molecule has 74 valence electrons. The maximum absolute atomic E-state index is 10.7. The second kappa shape index (κ2) is 5.03. The van der Waals surface area contributed by atoms with Crippen LogP contribution in [0.3, 0.4) is 0 Å². The molecule has 5 heteroatoms. The lowest BCUT2D eigenvalue weighted by Crippen LogP contribution is -1.94. The number of hydrogen-bond donors (Lipinski definition) is 1. The first-order chi connectivity index (χ1) is 6.65. The van der Waals surface area contributed by atoms with Gasteiger partial charge in [0.25, 0.3) is 0 Å². The van der Waals surface area contributed by atoms with Crippen LogP contribution in [0.15, 0.2) is 4.34 Å². The Balaban J connectivity index is 2.74. The fourth-order valence-corrected chi connectivity index (χ4v) is 2.64. The summed E-state index contributed by atoms with van der Waals surface area (Å²) in [5, 5.41) is 8.78. The molecule has 0 saturated heterocycles. The van der Waals surface area contributed by atoms with E-state index in [9.17, 15) is 4.79 Å². The molecule has 0 aromatic carbocycles. The Kier molecular flexibility index (Phi) is 3.98. The summed E-state index contributed by atoms with van der Waals surface area (Å²) in [6, 6.07) is 0. The molecule has 1 rings (SSSR count). The number of aromatic nitrogens is 1. The smallest absolute Gasteiger partial charge is 0.347 e. The Morgan fingerprint density at radius 3 is 2.93 bits per heavy atom. The molecule has 0 aliphatic carbocycles. The Labute approximate surface area is 90.6 Å². The van der Waals surface area contributed by atoms with Gasteiger partial charge in [0.2, 0.25) is 0 Å². The summed E-state index contributed by atoms with van der Waals surface area (Å²) in [4.78, 5) is 15.2. The maximum atomic E-state index is 10.7. The van der Waals surface area contributed by atoms with E-state index in [0.29, 0.717) is 16.3 Å². The van der Waals surface area contributed by atoms with Gasteiger partial charge < -0.3 is 5.11 Å². The van der Waals surface area contributed by atoms with Gasteiger partial charge in [0.05, 0.1) is 11.4 Å². The summed E-state index contributed by atoms with van der Waals surface area (Å²) in [6.45, 7) is 3.48. The zero-order valence-electron chi connectivity index (χ0n) is 7.83. The Hall–Kier alpha value is -0.990. The first-order valence-electron chi connectivity index (χ1n) is 3.88. The van der Waals surface area contributed by atoms with Gasteiger partial charge in [-0.2, -0.15) is 0 Å². The van der Waals surface area contributed by atoms with E-state index in [1.165, 1.54) is 23.1 Å². The van der Waals surface area contributed by atoms with E-state index in [1.54, 1.807) is 13.8 Å². The van der Waals surface area contributed by atoms with Crippen molar-refractivity contribution in [2.45, 2.75) is 18.2 Å². The molecule has 0 amide bonds. The summed E-state index contributed by atoms with van der Waals surface area (Å²) in [6.07, 6.45) is 0. The van der Waals surface area contributed by atoms with Gasteiger partial charge in [0.15, 0.2) is 4.34 Å². The number of carbonyl (C=O) groups is 1. The van der Waals surface area contributed by atoms with Gasteiger partial charge in [-0.1, -0.05) is 17.7 Å². The second-order valence-electron chi connectivity index (χ2n) is 2.41. The normalized spacial score (nSPS) is 9.29. The first-order valence-corrected chi connectivity index (χ1v) is 5.68. The first kappa shape index (κ1) is 11.1. The molecule has 0 aliphatic heterocycles. The van der Waals surface area contributed by atoms with Crippen LogP contribution >= 0.6 is 23.1 Å². The Morgan fingerprint density at radius 1 is 1.71 bits per heavy atom. The van der Waals surface area contributed by atoms with Gasteiger partial charge in [0.1, 0.15) is 4.88 Å². The topological polar surface area (TPSA) is 50.2 Å². The quantitative estimate of drug-likeness (QED) is 0.635. The highest BCUT2D eigenvalue weighted by atomic mass is 32.2. The summed E-state index contributed by atoms with van der Waals surface area (Å²) in [5.41, 5.74) is 0.578. The molecule has 0 spiro atoms. The third-order valence-electron chi connectivity index (χ3n) is 1.42. The molecule has 0 aliphatic rings. The maximum Gasteiger partial charge on any atom is 0.347 e. The van der Waals surface area contributed by atoms with Crippen molar-refractivity contribution in [2.75, 3.05) is 5.75 Å². The van der Waals surface area contributed by atoms with E-state index in [4.69, 9.17) is 5.11 Å². The van der Waals surface area contributed by atoms with Crippen LogP contribution in [0.25, 0.3) is 0 Å². The SMILES string of the molecule is CC#CCSc1nc(C)c(C(=O)O)s1. The number of thiazole rings is 1. The van der Waals surface area contributed by atoms with Gasteiger partial charge in [-0.05, 0) is 13.8 Å². The highest BCUT2D eigenvalue weighted by Gasteiger charge is 2.13. The minimum Gasteiger partial charge on any atom is -0.477 e. The third-order valence-corrected chi connectivity index (χ3v) is 3.59. The van der Waals surface area contributed by atoms with E-state index in [2.05, 4.69) is 16.8 Å². The third kappa shape index (κ3) is 2.76. The van der Waals surface area contributed by atoms with Crippen molar-refractivity contribution < 1.29 is 9.90 Å². The van der Waals surface area contributed by atoms with Crippen LogP contribution in [0.5, 0.6) is 0 Å². The molecule has 0 radical (unpaired) electrons. The van der Waals surface area contributed by atoms with Crippen LogP contribution in [0.4, 0.5) is 0 Å². The van der Waals surface area contributed by atoms with Crippen molar-refractivity contribution in [3.63, 3.8) is 0 Å². The van der Waals surface area contributed by atoms with Crippen LogP contribution in [-0.2, 0) is 0 Å². The molecule has 1 heterocycles. The van der Waals surface area contributed by atoms with Crippen molar-refractivity contribution in [3.05, 3.63) is 10.6 Å². The van der Waals surface area contributed by atoms with Crippen molar-refractivity contribution in [2.24, 2.45) is 0 Å². The predicted molar refractivity (Wildman–Crippen MR) is 58.0 cm³/mol. The van der Waals surface area contributed by atoms with Crippen LogP contribution in [0.1, 0.15) is 22.3 Å². The van der Waals surface area contributed by atoms with E-state index < -0.39 is 5.97 Å². The molecular weight excluding hydrogens is 218 g/mol. The summed E-state index contributed by atoms with van der Waals surface area (Å²) in [5.74, 6) is 5.41. The van der Waals surface area contributed by atoms with E-state index in [0.717, 1.165) is 4.34 Å². The largest absolute Gasteiger partial charge is 0.477 e. The van der Waals surface area contributed by atoms with Crippen molar-refractivity contribution in [1.82, 2.24) is 4.98 Å². The summed E-state index contributed by atoms with van der Waals surface area (Å²) in [7, 11) is 0. The van der Waals surface area contributed by atoms with E-state index in [-0.39, 0.29) is 0 Å². The molecule has 0 fully saturated rings. The molecule has 0 saturated carbocycles. The number of aryl methyl sites for hydroxylation is 1. The van der Waals surface area contributed by atoms with Gasteiger partial charge in [-0.3, -0.25) is 0 Å². The lowest BCUT2D eigenvalue weighted by molar-refractivity contribution is 0.0701.